The van der Waals surface area contributed by atoms with Gasteiger partial charge in [-0.25, -0.2) is 4.98 Å². The predicted octanol–water partition coefficient (Wildman–Crippen LogP) is 3.21. The Morgan fingerprint density at radius 3 is 2.65 bits per heavy atom. The Kier molecular flexibility index (Phi) is 4.37. The SMILES string of the molecule is CC1CC(OCc2ccc(Cl)nc2)CC(C)O1. The average Bonchev–Trinajstić information content (AvgIpc) is 2.27. The lowest BCUT2D eigenvalue weighted by Gasteiger charge is -2.31. The summed E-state index contributed by atoms with van der Waals surface area (Å²) in [5.74, 6) is 0. The van der Waals surface area contributed by atoms with Gasteiger partial charge in [-0.05, 0) is 38.3 Å². The highest BCUT2D eigenvalue weighted by Crippen LogP contribution is 2.22. The summed E-state index contributed by atoms with van der Waals surface area (Å²) in [4.78, 5) is 4.03. The van der Waals surface area contributed by atoms with Crippen molar-refractivity contribution in [3.8, 4) is 0 Å². The van der Waals surface area contributed by atoms with Crippen LogP contribution in [0.2, 0.25) is 5.15 Å². The second-order valence-electron chi connectivity index (χ2n) is 4.65. The maximum atomic E-state index is 5.89. The van der Waals surface area contributed by atoms with Crippen molar-refractivity contribution in [2.45, 2.75) is 51.6 Å². The van der Waals surface area contributed by atoms with Gasteiger partial charge < -0.3 is 9.47 Å². The van der Waals surface area contributed by atoms with Crippen molar-refractivity contribution in [1.29, 1.82) is 0 Å². The Hall–Kier alpha value is -0.640. The minimum atomic E-state index is 0.282. The number of hydrogen-bond donors (Lipinski definition) is 0. The van der Waals surface area contributed by atoms with Crippen molar-refractivity contribution < 1.29 is 9.47 Å². The van der Waals surface area contributed by atoms with Crippen LogP contribution in [0, 0.1) is 0 Å². The number of ether oxygens (including phenoxy) is 2. The second kappa shape index (κ2) is 5.80. The Labute approximate surface area is 107 Å². The van der Waals surface area contributed by atoms with E-state index in [0.717, 1.165) is 18.4 Å². The fraction of sp³-hybridized carbons (Fsp3) is 0.615. The summed E-state index contributed by atoms with van der Waals surface area (Å²) < 4.78 is 11.6. The van der Waals surface area contributed by atoms with Crippen molar-refractivity contribution in [1.82, 2.24) is 4.98 Å². The third-order valence-electron chi connectivity index (χ3n) is 2.93. The molecule has 0 saturated carbocycles. The first kappa shape index (κ1) is 12.8. The molecule has 17 heavy (non-hydrogen) atoms. The van der Waals surface area contributed by atoms with Crippen LogP contribution in [-0.2, 0) is 16.1 Å². The summed E-state index contributed by atoms with van der Waals surface area (Å²) in [6.45, 7) is 4.78. The molecule has 0 amide bonds. The molecule has 0 radical (unpaired) electrons. The Morgan fingerprint density at radius 1 is 1.35 bits per heavy atom. The van der Waals surface area contributed by atoms with E-state index >= 15 is 0 Å². The summed E-state index contributed by atoms with van der Waals surface area (Å²) in [5.41, 5.74) is 1.06. The fourth-order valence-corrected chi connectivity index (χ4v) is 2.30. The molecule has 3 nitrogen and oxygen atoms in total. The Morgan fingerprint density at radius 2 is 2.06 bits per heavy atom. The van der Waals surface area contributed by atoms with Gasteiger partial charge in [0.15, 0.2) is 0 Å². The molecule has 2 heterocycles. The van der Waals surface area contributed by atoms with Crippen LogP contribution in [0.5, 0.6) is 0 Å². The molecule has 1 fully saturated rings. The molecule has 1 aliphatic rings. The topological polar surface area (TPSA) is 31.4 Å². The quantitative estimate of drug-likeness (QED) is 0.778. The number of nitrogens with zero attached hydrogens (tertiary/aromatic N) is 1. The largest absolute Gasteiger partial charge is 0.375 e. The minimum absolute atomic E-state index is 0.282. The van der Waals surface area contributed by atoms with Gasteiger partial charge in [0.1, 0.15) is 5.15 Å². The molecule has 0 bridgehead atoms. The molecule has 2 rings (SSSR count). The summed E-state index contributed by atoms with van der Waals surface area (Å²) >= 11 is 5.73. The zero-order chi connectivity index (χ0) is 12.3. The molecule has 2 unspecified atom stereocenters. The summed E-state index contributed by atoms with van der Waals surface area (Å²) in [5, 5.41) is 0.516. The molecule has 1 saturated heterocycles. The van der Waals surface area contributed by atoms with E-state index in [-0.39, 0.29) is 18.3 Å². The highest BCUT2D eigenvalue weighted by Gasteiger charge is 2.24. The van der Waals surface area contributed by atoms with Crippen LogP contribution in [0.1, 0.15) is 32.3 Å². The van der Waals surface area contributed by atoms with Crippen molar-refractivity contribution in [3.05, 3.63) is 29.0 Å². The van der Waals surface area contributed by atoms with E-state index in [0.29, 0.717) is 11.8 Å². The number of halogens is 1. The highest BCUT2D eigenvalue weighted by atomic mass is 35.5. The van der Waals surface area contributed by atoms with E-state index in [1.807, 2.05) is 6.07 Å². The van der Waals surface area contributed by atoms with Crippen molar-refractivity contribution in [2.75, 3.05) is 0 Å². The molecule has 94 valence electrons. The van der Waals surface area contributed by atoms with Crippen LogP contribution >= 0.6 is 11.6 Å². The molecule has 0 aliphatic carbocycles. The van der Waals surface area contributed by atoms with Crippen molar-refractivity contribution in [3.63, 3.8) is 0 Å². The smallest absolute Gasteiger partial charge is 0.129 e. The maximum Gasteiger partial charge on any atom is 0.129 e. The predicted molar refractivity (Wildman–Crippen MR) is 67.1 cm³/mol. The molecule has 0 aromatic carbocycles. The van der Waals surface area contributed by atoms with Crippen molar-refractivity contribution >= 4 is 11.6 Å². The first-order chi connectivity index (χ1) is 8.13. The molecule has 0 spiro atoms. The van der Waals surface area contributed by atoms with Crippen molar-refractivity contribution in [2.24, 2.45) is 0 Å². The summed E-state index contributed by atoms with van der Waals surface area (Å²) in [6, 6.07) is 3.73. The van der Waals surface area contributed by atoms with Gasteiger partial charge in [0.25, 0.3) is 0 Å². The molecule has 4 heteroatoms. The van der Waals surface area contributed by atoms with E-state index in [2.05, 4.69) is 18.8 Å². The molecular formula is C13H18ClNO2. The lowest BCUT2D eigenvalue weighted by Crippen LogP contribution is -2.33. The molecule has 1 aromatic heterocycles. The molecule has 1 aromatic rings. The van der Waals surface area contributed by atoms with Gasteiger partial charge in [-0.2, -0.15) is 0 Å². The second-order valence-corrected chi connectivity index (χ2v) is 5.04. The first-order valence-electron chi connectivity index (χ1n) is 6.01. The van der Waals surface area contributed by atoms with Gasteiger partial charge >= 0.3 is 0 Å². The van der Waals surface area contributed by atoms with E-state index < -0.39 is 0 Å². The van der Waals surface area contributed by atoms with E-state index in [1.54, 1.807) is 12.3 Å². The monoisotopic (exact) mass is 255 g/mol. The van der Waals surface area contributed by atoms with Gasteiger partial charge in [0.2, 0.25) is 0 Å². The maximum absolute atomic E-state index is 5.89. The zero-order valence-corrected chi connectivity index (χ0v) is 11.0. The lowest BCUT2D eigenvalue weighted by atomic mass is 10.0. The Bertz CT molecular complexity index is 345. The van der Waals surface area contributed by atoms with Crippen LogP contribution < -0.4 is 0 Å². The van der Waals surface area contributed by atoms with Gasteiger partial charge in [0.05, 0.1) is 24.9 Å². The number of rotatable bonds is 3. The molecular weight excluding hydrogens is 238 g/mol. The third kappa shape index (κ3) is 3.95. The van der Waals surface area contributed by atoms with Gasteiger partial charge in [0, 0.05) is 6.20 Å². The first-order valence-corrected chi connectivity index (χ1v) is 6.39. The van der Waals surface area contributed by atoms with Crippen LogP contribution in [0.3, 0.4) is 0 Å². The van der Waals surface area contributed by atoms with Gasteiger partial charge in [-0.3, -0.25) is 0 Å². The van der Waals surface area contributed by atoms with E-state index in [1.165, 1.54) is 0 Å². The van der Waals surface area contributed by atoms with Gasteiger partial charge in [-0.1, -0.05) is 17.7 Å². The molecule has 2 atom stereocenters. The zero-order valence-electron chi connectivity index (χ0n) is 10.2. The third-order valence-corrected chi connectivity index (χ3v) is 3.15. The van der Waals surface area contributed by atoms with Crippen LogP contribution in [-0.4, -0.2) is 23.3 Å². The number of pyridine rings is 1. The average molecular weight is 256 g/mol. The molecule has 1 aliphatic heterocycles. The standard InChI is InChI=1S/C13H18ClNO2/c1-9-5-12(6-10(2)17-9)16-8-11-3-4-13(14)15-7-11/h3-4,7,9-10,12H,5-6,8H2,1-2H3. The minimum Gasteiger partial charge on any atom is -0.375 e. The number of hydrogen-bond acceptors (Lipinski definition) is 3. The van der Waals surface area contributed by atoms with Crippen LogP contribution in [0.4, 0.5) is 0 Å². The summed E-state index contributed by atoms with van der Waals surface area (Å²) in [7, 11) is 0. The Balaban J connectivity index is 1.83. The summed E-state index contributed by atoms with van der Waals surface area (Å²) in [6.07, 6.45) is 4.54. The van der Waals surface area contributed by atoms with Crippen LogP contribution in [0.25, 0.3) is 0 Å². The normalized spacial score (nSPS) is 29.2. The van der Waals surface area contributed by atoms with E-state index in [9.17, 15) is 0 Å². The van der Waals surface area contributed by atoms with Gasteiger partial charge in [-0.15, -0.1) is 0 Å². The highest BCUT2D eigenvalue weighted by molar-refractivity contribution is 6.29. The fourth-order valence-electron chi connectivity index (χ4n) is 2.19. The van der Waals surface area contributed by atoms with E-state index in [4.69, 9.17) is 21.1 Å². The number of aromatic nitrogens is 1. The lowest BCUT2D eigenvalue weighted by molar-refractivity contribution is -0.106. The molecule has 0 N–H and O–H groups in total. The van der Waals surface area contributed by atoms with Crippen LogP contribution in [0.15, 0.2) is 18.3 Å².